The SMILES string of the molecule is OC1CCC(C(F)(F)F)=N1. The van der Waals surface area contributed by atoms with Crippen LogP contribution in [0.2, 0.25) is 0 Å². The topological polar surface area (TPSA) is 32.6 Å². The van der Waals surface area contributed by atoms with Crippen molar-refractivity contribution in [2.45, 2.75) is 25.2 Å². The minimum Gasteiger partial charge on any atom is -0.372 e. The van der Waals surface area contributed by atoms with Gasteiger partial charge in [-0.3, -0.25) is 4.99 Å². The molecule has 0 saturated heterocycles. The maximum Gasteiger partial charge on any atom is 0.429 e. The molecule has 1 atom stereocenters. The molecule has 0 aromatic rings. The van der Waals surface area contributed by atoms with E-state index in [9.17, 15) is 13.2 Å². The molecule has 0 aliphatic carbocycles. The summed E-state index contributed by atoms with van der Waals surface area (Å²) >= 11 is 0. The van der Waals surface area contributed by atoms with Gasteiger partial charge in [0, 0.05) is 0 Å². The second kappa shape index (κ2) is 2.23. The van der Waals surface area contributed by atoms with Crippen LogP contribution in [0.15, 0.2) is 4.99 Å². The highest BCUT2D eigenvalue weighted by Crippen LogP contribution is 2.25. The van der Waals surface area contributed by atoms with Gasteiger partial charge in [-0.25, -0.2) is 0 Å². The zero-order valence-corrected chi connectivity index (χ0v) is 5.02. The van der Waals surface area contributed by atoms with Crippen molar-refractivity contribution in [1.29, 1.82) is 0 Å². The third kappa shape index (κ3) is 1.47. The molecule has 0 saturated carbocycles. The number of aliphatic imine (C=N–C) groups is 1. The van der Waals surface area contributed by atoms with E-state index in [2.05, 4.69) is 4.99 Å². The fourth-order valence-electron chi connectivity index (χ4n) is 0.790. The van der Waals surface area contributed by atoms with Gasteiger partial charge in [0.2, 0.25) is 0 Å². The van der Waals surface area contributed by atoms with Crippen molar-refractivity contribution in [3.8, 4) is 0 Å². The molecule has 0 spiro atoms. The molecule has 1 aliphatic heterocycles. The molecule has 5 heteroatoms. The van der Waals surface area contributed by atoms with Gasteiger partial charge in [0.15, 0.2) is 0 Å². The molecule has 1 N–H and O–H groups in total. The highest BCUT2D eigenvalue weighted by atomic mass is 19.4. The van der Waals surface area contributed by atoms with E-state index in [0.717, 1.165) is 0 Å². The number of nitrogens with zero attached hydrogens (tertiary/aromatic N) is 1. The Hall–Kier alpha value is -0.580. The maximum absolute atomic E-state index is 11.7. The lowest BCUT2D eigenvalue weighted by molar-refractivity contribution is -0.0600. The number of aliphatic hydroxyl groups is 1. The molecule has 1 rings (SSSR count). The van der Waals surface area contributed by atoms with Gasteiger partial charge in [0.05, 0.1) is 0 Å². The molecule has 0 aromatic carbocycles. The molecule has 0 radical (unpaired) electrons. The third-order valence-corrected chi connectivity index (χ3v) is 1.27. The lowest BCUT2D eigenvalue weighted by atomic mass is 10.2. The number of aliphatic hydroxyl groups excluding tert-OH is 1. The molecule has 10 heavy (non-hydrogen) atoms. The van der Waals surface area contributed by atoms with Crippen LogP contribution in [0.4, 0.5) is 13.2 Å². The van der Waals surface area contributed by atoms with Gasteiger partial charge < -0.3 is 5.11 Å². The summed E-state index contributed by atoms with van der Waals surface area (Å²) in [6.07, 6.45) is -5.56. The summed E-state index contributed by atoms with van der Waals surface area (Å²) in [5.41, 5.74) is -0.847. The predicted octanol–water partition coefficient (Wildman–Crippen LogP) is 1.10. The van der Waals surface area contributed by atoms with E-state index in [4.69, 9.17) is 5.11 Å². The molecule has 2 nitrogen and oxygen atoms in total. The number of halogens is 3. The number of hydrogen-bond donors (Lipinski definition) is 1. The van der Waals surface area contributed by atoms with Gasteiger partial charge in [0.1, 0.15) is 11.9 Å². The summed E-state index contributed by atoms with van der Waals surface area (Å²) in [7, 11) is 0. The van der Waals surface area contributed by atoms with Crippen LogP contribution in [-0.4, -0.2) is 23.2 Å². The molecule has 1 aliphatic rings. The van der Waals surface area contributed by atoms with E-state index in [-0.39, 0.29) is 12.8 Å². The average Bonchev–Trinajstić information content (AvgIpc) is 2.11. The van der Waals surface area contributed by atoms with Crippen LogP contribution >= 0.6 is 0 Å². The summed E-state index contributed by atoms with van der Waals surface area (Å²) in [5.74, 6) is 0. The van der Waals surface area contributed by atoms with E-state index >= 15 is 0 Å². The Bertz CT molecular complexity index is 163. The first-order chi connectivity index (χ1) is 4.50. The second-order valence-corrected chi connectivity index (χ2v) is 2.09. The van der Waals surface area contributed by atoms with Crippen molar-refractivity contribution in [3.63, 3.8) is 0 Å². The summed E-state index contributed by atoms with van der Waals surface area (Å²) in [6.45, 7) is 0. The zero-order chi connectivity index (χ0) is 7.78. The fourth-order valence-corrected chi connectivity index (χ4v) is 0.790. The van der Waals surface area contributed by atoms with E-state index in [1.165, 1.54) is 0 Å². The molecule has 58 valence electrons. The Morgan fingerprint density at radius 1 is 1.50 bits per heavy atom. The van der Waals surface area contributed by atoms with Crippen LogP contribution in [0, 0.1) is 0 Å². The van der Waals surface area contributed by atoms with E-state index in [0.29, 0.717) is 0 Å². The molecule has 0 bridgehead atoms. The molecule has 1 unspecified atom stereocenters. The highest BCUT2D eigenvalue weighted by Gasteiger charge is 2.38. The Morgan fingerprint density at radius 3 is 2.30 bits per heavy atom. The molecular formula is C5H6F3NO. The van der Waals surface area contributed by atoms with E-state index in [1.54, 1.807) is 0 Å². The van der Waals surface area contributed by atoms with Crippen LogP contribution in [0.3, 0.4) is 0 Å². The first-order valence-corrected chi connectivity index (χ1v) is 2.82. The zero-order valence-electron chi connectivity index (χ0n) is 5.02. The van der Waals surface area contributed by atoms with Crippen molar-refractivity contribution in [2.75, 3.05) is 0 Å². The quantitative estimate of drug-likeness (QED) is 0.555. The predicted molar refractivity (Wildman–Crippen MR) is 28.7 cm³/mol. The van der Waals surface area contributed by atoms with Crippen LogP contribution in [-0.2, 0) is 0 Å². The van der Waals surface area contributed by atoms with Gasteiger partial charge in [0.25, 0.3) is 0 Å². The Balaban J connectivity index is 2.67. The summed E-state index contributed by atoms with van der Waals surface area (Å²) in [4.78, 5) is 3.01. The van der Waals surface area contributed by atoms with Crippen molar-refractivity contribution in [2.24, 2.45) is 4.99 Å². The largest absolute Gasteiger partial charge is 0.429 e. The van der Waals surface area contributed by atoms with Crippen LogP contribution < -0.4 is 0 Å². The summed E-state index contributed by atoms with van der Waals surface area (Å²) in [5, 5.41) is 8.58. The minimum absolute atomic E-state index is 0.0921. The average molecular weight is 153 g/mol. The van der Waals surface area contributed by atoms with Crippen molar-refractivity contribution < 1.29 is 18.3 Å². The van der Waals surface area contributed by atoms with Gasteiger partial charge in [-0.05, 0) is 12.8 Å². The van der Waals surface area contributed by atoms with Crippen molar-refractivity contribution in [3.05, 3.63) is 0 Å². The van der Waals surface area contributed by atoms with E-state index in [1.807, 2.05) is 0 Å². The first kappa shape index (κ1) is 7.53. The second-order valence-electron chi connectivity index (χ2n) is 2.09. The molecule has 0 fully saturated rings. The van der Waals surface area contributed by atoms with Crippen LogP contribution in [0.1, 0.15) is 12.8 Å². The fraction of sp³-hybridized carbons (Fsp3) is 0.800. The van der Waals surface area contributed by atoms with Gasteiger partial charge in [-0.1, -0.05) is 0 Å². The van der Waals surface area contributed by atoms with Gasteiger partial charge in [-0.2, -0.15) is 13.2 Å². The molecule has 1 heterocycles. The number of hydrogen-bond acceptors (Lipinski definition) is 2. The number of alkyl halides is 3. The molecule has 0 aromatic heterocycles. The third-order valence-electron chi connectivity index (χ3n) is 1.27. The summed E-state index contributed by atoms with van der Waals surface area (Å²) < 4.78 is 35.1. The Kier molecular flexibility index (Phi) is 1.68. The molecular weight excluding hydrogens is 147 g/mol. The van der Waals surface area contributed by atoms with Gasteiger partial charge >= 0.3 is 6.18 Å². The lowest BCUT2D eigenvalue weighted by Crippen LogP contribution is -2.20. The summed E-state index contributed by atoms with van der Waals surface area (Å²) in [6, 6.07) is 0. The van der Waals surface area contributed by atoms with Crippen LogP contribution in [0.5, 0.6) is 0 Å². The van der Waals surface area contributed by atoms with Crippen molar-refractivity contribution in [1.82, 2.24) is 0 Å². The van der Waals surface area contributed by atoms with Crippen molar-refractivity contribution >= 4 is 5.71 Å². The standard InChI is InChI=1S/C5H6F3NO/c6-5(7,8)3-1-2-4(10)9-3/h4,10H,1-2H2. The smallest absolute Gasteiger partial charge is 0.372 e. The highest BCUT2D eigenvalue weighted by molar-refractivity contribution is 5.90. The Labute approximate surface area is 55.4 Å². The van der Waals surface area contributed by atoms with Gasteiger partial charge in [-0.15, -0.1) is 0 Å². The normalized spacial score (nSPS) is 26.8. The Morgan fingerprint density at radius 2 is 2.10 bits per heavy atom. The maximum atomic E-state index is 11.7. The molecule has 0 amide bonds. The van der Waals surface area contributed by atoms with Crippen LogP contribution in [0.25, 0.3) is 0 Å². The monoisotopic (exact) mass is 153 g/mol. The minimum atomic E-state index is -4.35. The van der Waals surface area contributed by atoms with E-state index < -0.39 is 18.1 Å². The first-order valence-electron chi connectivity index (χ1n) is 2.82. The number of rotatable bonds is 0. The lowest BCUT2D eigenvalue weighted by Gasteiger charge is -2.02.